The molecule has 0 amide bonds. The number of alkyl halides is 3. The lowest BCUT2D eigenvalue weighted by atomic mass is 10.1. The number of rotatable bonds is 15. The number of halogens is 3. The van der Waals surface area contributed by atoms with Crippen molar-refractivity contribution in [3.05, 3.63) is 12.2 Å². The van der Waals surface area contributed by atoms with Gasteiger partial charge in [-0.15, -0.1) is 0 Å². The number of unbranched alkanes of at least 4 members (excludes halogenated alkanes) is 6. The van der Waals surface area contributed by atoms with Crippen molar-refractivity contribution in [2.45, 2.75) is 95.5 Å². The average molecular weight is 437 g/mol. The van der Waals surface area contributed by atoms with Crippen molar-refractivity contribution in [2.75, 3.05) is 26.0 Å². The highest BCUT2D eigenvalue weighted by molar-refractivity contribution is 8.00. The van der Waals surface area contributed by atoms with E-state index in [2.05, 4.69) is 24.2 Å². The maximum atomic E-state index is 13.6. The predicted molar refractivity (Wildman–Crippen MR) is 119 cm³/mol. The van der Waals surface area contributed by atoms with Gasteiger partial charge in [0.2, 0.25) is 0 Å². The van der Waals surface area contributed by atoms with Crippen LogP contribution in [0.4, 0.5) is 13.2 Å². The van der Waals surface area contributed by atoms with Gasteiger partial charge in [-0.1, -0.05) is 44.8 Å². The monoisotopic (exact) mass is 436 g/mol. The van der Waals surface area contributed by atoms with Gasteiger partial charge in [0.25, 0.3) is 0 Å². The van der Waals surface area contributed by atoms with Gasteiger partial charge in [-0.25, -0.2) is 0 Å². The maximum Gasteiger partial charge on any atom is 0.432 e. The predicted octanol–water partition coefficient (Wildman–Crippen LogP) is 6.83. The molecule has 1 heterocycles. The van der Waals surface area contributed by atoms with Crippen LogP contribution in [-0.2, 0) is 4.74 Å². The van der Waals surface area contributed by atoms with Gasteiger partial charge in [0, 0.05) is 13.7 Å². The van der Waals surface area contributed by atoms with E-state index >= 15 is 0 Å². The zero-order valence-electron chi connectivity index (χ0n) is 18.3. The lowest BCUT2D eigenvalue weighted by molar-refractivity contribution is -0.0618. The Morgan fingerprint density at radius 2 is 1.86 bits per heavy atom. The third-order valence-electron chi connectivity index (χ3n) is 5.15. The topological polar surface area (TPSA) is 24.8 Å². The number of hydrazone groups is 1. The molecule has 0 N–H and O–H groups in total. The van der Waals surface area contributed by atoms with Crippen LogP contribution in [-0.4, -0.2) is 54.2 Å². The van der Waals surface area contributed by atoms with Gasteiger partial charge in [-0.05, 0) is 51.2 Å². The number of ether oxygens (including phenoxy) is 1. The normalized spacial score (nSPS) is 19.4. The fraction of sp³-hybridized carbons (Fsp3) is 0.864. The second-order valence-electron chi connectivity index (χ2n) is 7.70. The van der Waals surface area contributed by atoms with E-state index in [-0.39, 0.29) is 6.04 Å². The molecule has 0 spiro atoms. The van der Waals surface area contributed by atoms with Crippen molar-refractivity contribution in [1.29, 1.82) is 0 Å². The first-order valence-corrected chi connectivity index (χ1v) is 12.1. The zero-order valence-corrected chi connectivity index (χ0v) is 19.2. The standard InChI is InChI=1S/C22H39F3N2OS/c1-4-5-6-7-8-9-10-11-12-13-17-29-19(2)21(22(23,24)25)26-27-16-14-15-20(27)18-28-3/h5-6,19-20H,4,7-18H2,1-3H3/b6-5-,26-21-/t19-,20+/m1/s1. The summed E-state index contributed by atoms with van der Waals surface area (Å²) in [6.45, 7) is 4.76. The van der Waals surface area contributed by atoms with E-state index < -0.39 is 17.1 Å². The molecule has 0 saturated carbocycles. The molecular formula is C22H39F3N2OS. The van der Waals surface area contributed by atoms with Gasteiger partial charge in [-0.3, -0.25) is 5.01 Å². The Hall–Kier alpha value is -0.690. The summed E-state index contributed by atoms with van der Waals surface area (Å²) in [5, 5.41) is 4.97. The highest BCUT2D eigenvalue weighted by Gasteiger charge is 2.41. The van der Waals surface area contributed by atoms with Crippen LogP contribution in [0.15, 0.2) is 17.3 Å². The second kappa shape index (κ2) is 15.2. The minimum absolute atomic E-state index is 0.0491. The summed E-state index contributed by atoms with van der Waals surface area (Å²) >= 11 is 1.37. The summed E-state index contributed by atoms with van der Waals surface area (Å²) < 4.78 is 45.8. The van der Waals surface area contributed by atoms with Crippen LogP contribution in [0.1, 0.15) is 78.1 Å². The van der Waals surface area contributed by atoms with Crippen molar-refractivity contribution in [2.24, 2.45) is 5.10 Å². The fourth-order valence-electron chi connectivity index (χ4n) is 3.52. The van der Waals surface area contributed by atoms with Crippen LogP contribution in [0.25, 0.3) is 0 Å². The SMILES string of the molecule is CC/C=C\CCCCCCCCS[C@H](C)/C(=N/N1CCC[C@H]1COC)C(F)(F)F. The summed E-state index contributed by atoms with van der Waals surface area (Å²) in [7, 11) is 1.58. The van der Waals surface area contributed by atoms with Crippen LogP contribution < -0.4 is 0 Å². The first kappa shape index (κ1) is 26.3. The van der Waals surface area contributed by atoms with E-state index in [0.717, 1.165) is 44.3 Å². The van der Waals surface area contributed by atoms with Crippen LogP contribution >= 0.6 is 11.8 Å². The molecule has 170 valence electrons. The molecule has 0 aliphatic carbocycles. The summed E-state index contributed by atoms with van der Waals surface area (Å²) in [4.78, 5) is 0. The average Bonchev–Trinajstić information content (AvgIpc) is 3.10. The van der Waals surface area contributed by atoms with E-state index in [1.54, 1.807) is 19.0 Å². The first-order valence-electron chi connectivity index (χ1n) is 11.1. The number of thioether (sulfide) groups is 1. The van der Waals surface area contributed by atoms with E-state index in [4.69, 9.17) is 4.74 Å². The van der Waals surface area contributed by atoms with Crippen molar-refractivity contribution < 1.29 is 17.9 Å². The largest absolute Gasteiger partial charge is 0.432 e. The molecule has 2 atom stereocenters. The van der Waals surface area contributed by atoms with Gasteiger partial charge in [0.1, 0.15) is 0 Å². The molecule has 1 aliphatic heterocycles. The molecule has 0 aromatic rings. The van der Waals surface area contributed by atoms with E-state index in [1.165, 1.54) is 37.4 Å². The molecule has 7 heteroatoms. The molecule has 1 saturated heterocycles. The van der Waals surface area contributed by atoms with Gasteiger partial charge in [0.15, 0.2) is 5.71 Å². The molecule has 1 rings (SSSR count). The molecule has 29 heavy (non-hydrogen) atoms. The number of allylic oxidation sites excluding steroid dienone is 2. The third-order valence-corrected chi connectivity index (χ3v) is 6.40. The van der Waals surface area contributed by atoms with E-state index in [0.29, 0.717) is 13.2 Å². The molecule has 1 fully saturated rings. The highest BCUT2D eigenvalue weighted by Crippen LogP contribution is 2.29. The van der Waals surface area contributed by atoms with Gasteiger partial charge in [0.05, 0.1) is 17.9 Å². The zero-order chi connectivity index (χ0) is 21.5. The van der Waals surface area contributed by atoms with Crippen molar-refractivity contribution >= 4 is 17.5 Å². The van der Waals surface area contributed by atoms with E-state index in [9.17, 15) is 13.2 Å². The fourth-order valence-corrected chi connectivity index (χ4v) is 4.58. The molecule has 0 unspecified atom stereocenters. The number of nitrogens with zero attached hydrogens (tertiary/aromatic N) is 2. The Morgan fingerprint density at radius 1 is 1.17 bits per heavy atom. The summed E-state index contributed by atoms with van der Waals surface area (Å²) in [6.07, 6.45) is 10.9. The van der Waals surface area contributed by atoms with Crippen LogP contribution in [0.5, 0.6) is 0 Å². The molecule has 0 radical (unpaired) electrons. The highest BCUT2D eigenvalue weighted by atomic mass is 32.2. The molecule has 0 bridgehead atoms. The van der Waals surface area contributed by atoms with E-state index in [1.807, 2.05) is 0 Å². The summed E-state index contributed by atoms with van der Waals surface area (Å²) in [6, 6.07) is -0.0491. The van der Waals surface area contributed by atoms with Crippen LogP contribution in [0.3, 0.4) is 0 Å². The molecule has 0 aromatic carbocycles. The van der Waals surface area contributed by atoms with Gasteiger partial charge < -0.3 is 4.74 Å². The van der Waals surface area contributed by atoms with Crippen molar-refractivity contribution in [1.82, 2.24) is 5.01 Å². The number of hydrogen-bond acceptors (Lipinski definition) is 4. The Kier molecular flexibility index (Phi) is 13.8. The third kappa shape index (κ3) is 11.3. The van der Waals surface area contributed by atoms with Crippen LogP contribution in [0.2, 0.25) is 0 Å². The summed E-state index contributed by atoms with van der Waals surface area (Å²) in [5.41, 5.74) is -0.661. The minimum Gasteiger partial charge on any atom is -0.382 e. The summed E-state index contributed by atoms with van der Waals surface area (Å²) in [5.74, 6) is 0.747. The van der Waals surface area contributed by atoms with Crippen molar-refractivity contribution in [3.63, 3.8) is 0 Å². The minimum atomic E-state index is -4.39. The Bertz CT molecular complexity index is 483. The van der Waals surface area contributed by atoms with Gasteiger partial charge in [-0.2, -0.15) is 30.0 Å². The molecular weight excluding hydrogens is 397 g/mol. The van der Waals surface area contributed by atoms with Crippen molar-refractivity contribution in [3.8, 4) is 0 Å². The number of methoxy groups -OCH3 is 1. The second-order valence-corrected chi connectivity index (χ2v) is 9.15. The molecule has 3 nitrogen and oxygen atoms in total. The Morgan fingerprint density at radius 3 is 2.52 bits per heavy atom. The first-order chi connectivity index (χ1) is 13.9. The Labute approximate surface area is 179 Å². The quantitative estimate of drug-likeness (QED) is 0.160. The molecule has 0 aromatic heterocycles. The number of hydrogen-bond donors (Lipinski definition) is 0. The Balaban J connectivity index is 2.32. The smallest absolute Gasteiger partial charge is 0.382 e. The lowest BCUT2D eigenvalue weighted by Gasteiger charge is -2.25. The van der Waals surface area contributed by atoms with Gasteiger partial charge >= 0.3 is 6.18 Å². The molecule has 1 aliphatic rings. The lowest BCUT2D eigenvalue weighted by Crippen LogP contribution is -2.37. The maximum absolute atomic E-state index is 13.6. The van der Waals surface area contributed by atoms with Crippen LogP contribution in [0, 0.1) is 0 Å².